The highest BCUT2D eigenvalue weighted by molar-refractivity contribution is 7.22. The van der Waals surface area contributed by atoms with Crippen molar-refractivity contribution in [1.82, 2.24) is 9.88 Å². The number of anilines is 1. The van der Waals surface area contributed by atoms with Crippen molar-refractivity contribution in [2.45, 2.75) is 20.3 Å². The molecule has 0 N–H and O–H groups in total. The summed E-state index contributed by atoms with van der Waals surface area (Å²) in [6, 6.07) is 13.7. The lowest BCUT2D eigenvalue weighted by Crippen LogP contribution is -2.39. The number of rotatable bonds is 8. The summed E-state index contributed by atoms with van der Waals surface area (Å²) in [5.41, 5.74) is 2.68. The molecule has 2 aromatic carbocycles. The summed E-state index contributed by atoms with van der Waals surface area (Å²) in [5, 5.41) is 1.54. The van der Waals surface area contributed by atoms with Gasteiger partial charge in [0.1, 0.15) is 0 Å². The van der Waals surface area contributed by atoms with Crippen LogP contribution in [0.4, 0.5) is 5.13 Å². The van der Waals surface area contributed by atoms with E-state index in [9.17, 15) is 4.79 Å². The molecule has 0 atom stereocenters. The van der Waals surface area contributed by atoms with Crippen LogP contribution in [0, 0.1) is 6.92 Å². The summed E-state index contributed by atoms with van der Waals surface area (Å²) in [7, 11) is 0. The van der Waals surface area contributed by atoms with Gasteiger partial charge in [-0.3, -0.25) is 14.6 Å². The quantitative estimate of drug-likeness (QED) is 0.349. The number of para-hydroxylation sites is 1. The third-order valence-corrected chi connectivity index (χ3v) is 7.03. The van der Waals surface area contributed by atoms with Crippen LogP contribution in [0.25, 0.3) is 21.2 Å². The number of amides is 1. The third-order valence-electron chi connectivity index (χ3n) is 5.99. The lowest BCUT2D eigenvalue weighted by atomic mass is 10.2. The lowest BCUT2D eigenvalue weighted by molar-refractivity contribution is 0.0376. The first-order valence-electron chi connectivity index (χ1n) is 11.8. The molecule has 1 aliphatic rings. The first kappa shape index (κ1) is 22.8. The largest absolute Gasteiger partial charge is 0.490 e. The zero-order valence-corrected chi connectivity index (χ0v) is 20.4. The van der Waals surface area contributed by atoms with Gasteiger partial charge in [0.15, 0.2) is 22.2 Å². The highest BCUT2D eigenvalue weighted by Crippen LogP contribution is 2.33. The summed E-state index contributed by atoms with van der Waals surface area (Å²) in [6.07, 6.45) is 0.838. The zero-order chi connectivity index (χ0) is 23.5. The third kappa shape index (κ3) is 4.80. The molecule has 1 saturated heterocycles. The molecule has 0 unspecified atom stereocenters. The number of fused-ring (bicyclic) bond motifs is 2. The molecular formula is C26H29N3O4S. The molecule has 0 saturated carbocycles. The van der Waals surface area contributed by atoms with E-state index >= 15 is 0 Å². The van der Waals surface area contributed by atoms with E-state index in [-0.39, 0.29) is 5.91 Å². The van der Waals surface area contributed by atoms with E-state index in [1.54, 1.807) is 22.3 Å². The van der Waals surface area contributed by atoms with Crippen LogP contribution in [0.15, 0.2) is 46.9 Å². The minimum atomic E-state index is -0.184. The van der Waals surface area contributed by atoms with Crippen molar-refractivity contribution in [3.05, 3.63) is 53.8 Å². The van der Waals surface area contributed by atoms with E-state index in [1.165, 1.54) is 5.56 Å². The maximum Gasteiger partial charge on any atom is 0.295 e. The molecule has 0 radical (unpaired) electrons. The average Bonchev–Trinajstić information content (AvgIpc) is 3.47. The van der Waals surface area contributed by atoms with Crippen LogP contribution in [-0.4, -0.2) is 61.8 Å². The van der Waals surface area contributed by atoms with Crippen LogP contribution >= 0.6 is 11.3 Å². The van der Waals surface area contributed by atoms with E-state index < -0.39 is 0 Å². The fraction of sp³-hybridized carbons (Fsp3) is 0.385. The van der Waals surface area contributed by atoms with Gasteiger partial charge in [0.2, 0.25) is 0 Å². The standard InChI is InChI=1S/C26H29N3O4S/c1-3-32-21-7-4-6-19-17-22(33-24(19)21)25(30)29(11-5-10-28-12-14-31-15-13-28)26-27-20-9-8-18(2)16-23(20)34-26/h4,6-9,16-17H,3,5,10-15H2,1-2H3. The van der Waals surface area contributed by atoms with Gasteiger partial charge in [0.05, 0.1) is 30.0 Å². The number of aromatic nitrogens is 1. The van der Waals surface area contributed by atoms with Crippen molar-refractivity contribution in [2.75, 3.05) is 50.9 Å². The first-order chi connectivity index (χ1) is 16.6. The number of nitrogens with zero attached hydrogens (tertiary/aromatic N) is 3. The van der Waals surface area contributed by atoms with Gasteiger partial charge in [0.25, 0.3) is 5.91 Å². The summed E-state index contributed by atoms with van der Waals surface area (Å²) in [6.45, 7) is 9.38. The number of carbonyl (C=O) groups is 1. The second kappa shape index (κ2) is 10.1. The second-order valence-corrected chi connectivity index (χ2v) is 9.46. The molecular weight excluding hydrogens is 450 g/mol. The Bertz CT molecular complexity index is 1290. The Hall–Kier alpha value is -2.94. The van der Waals surface area contributed by atoms with Crippen molar-refractivity contribution < 1.29 is 18.7 Å². The minimum absolute atomic E-state index is 0.184. The van der Waals surface area contributed by atoms with E-state index in [2.05, 4.69) is 17.9 Å². The second-order valence-electron chi connectivity index (χ2n) is 8.45. The summed E-state index contributed by atoms with van der Waals surface area (Å²) >= 11 is 1.54. The first-order valence-corrected chi connectivity index (χ1v) is 12.6. The van der Waals surface area contributed by atoms with Crippen molar-refractivity contribution in [1.29, 1.82) is 0 Å². The lowest BCUT2D eigenvalue weighted by Gasteiger charge is -2.27. The van der Waals surface area contributed by atoms with Crippen LogP contribution in [0.5, 0.6) is 5.75 Å². The summed E-state index contributed by atoms with van der Waals surface area (Å²) in [4.78, 5) is 22.7. The molecule has 0 aliphatic carbocycles. The van der Waals surface area contributed by atoms with Gasteiger partial charge < -0.3 is 13.9 Å². The normalized spacial score (nSPS) is 14.6. The monoisotopic (exact) mass is 479 g/mol. The number of benzene rings is 2. The molecule has 8 heteroatoms. The molecule has 3 heterocycles. The maximum atomic E-state index is 13.7. The Balaban J connectivity index is 1.44. The zero-order valence-electron chi connectivity index (χ0n) is 19.6. The molecule has 0 bridgehead atoms. The molecule has 34 heavy (non-hydrogen) atoms. The summed E-state index contributed by atoms with van der Waals surface area (Å²) in [5.74, 6) is 0.758. The summed E-state index contributed by atoms with van der Waals surface area (Å²) < 4.78 is 18.3. The van der Waals surface area contributed by atoms with Gasteiger partial charge in [-0.15, -0.1) is 0 Å². The van der Waals surface area contributed by atoms with Crippen molar-refractivity contribution in [2.24, 2.45) is 0 Å². The van der Waals surface area contributed by atoms with Crippen molar-refractivity contribution in [3.63, 3.8) is 0 Å². The SMILES string of the molecule is CCOc1cccc2cc(C(=O)N(CCCN3CCOCC3)c3nc4ccc(C)cc4s3)oc12. The van der Waals surface area contributed by atoms with E-state index in [4.69, 9.17) is 18.9 Å². The highest BCUT2D eigenvalue weighted by atomic mass is 32.1. The van der Waals surface area contributed by atoms with Gasteiger partial charge in [0, 0.05) is 31.6 Å². The average molecular weight is 480 g/mol. The van der Waals surface area contributed by atoms with E-state index in [0.29, 0.717) is 35.4 Å². The number of thiazole rings is 1. The number of carbonyl (C=O) groups excluding carboxylic acids is 1. The number of hydrogen-bond donors (Lipinski definition) is 0. The molecule has 1 aliphatic heterocycles. The fourth-order valence-corrected chi connectivity index (χ4v) is 5.33. The topological polar surface area (TPSA) is 68.0 Å². The molecule has 7 nitrogen and oxygen atoms in total. The Morgan fingerprint density at radius 2 is 2.06 bits per heavy atom. The smallest absolute Gasteiger partial charge is 0.295 e. The van der Waals surface area contributed by atoms with Crippen LogP contribution < -0.4 is 9.64 Å². The number of hydrogen-bond acceptors (Lipinski definition) is 7. The molecule has 4 aromatic rings. The van der Waals surface area contributed by atoms with Gasteiger partial charge in [-0.25, -0.2) is 4.98 Å². The van der Waals surface area contributed by atoms with E-state index in [0.717, 1.165) is 54.9 Å². The van der Waals surface area contributed by atoms with E-state index in [1.807, 2.05) is 37.3 Å². The van der Waals surface area contributed by atoms with Crippen molar-refractivity contribution in [3.8, 4) is 5.75 Å². The molecule has 2 aromatic heterocycles. The maximum absolute atomic E-state index is 13.7. The Morgan fingerprint density at radius 3 is 2.88 bits per heavy atom. The number of morpholine rings is 1. The van der Waals surface area contributed by atoms with Crippen molar-refractivity contribution >= 4 is 43.6 Å². The Labute approximate surface area is 202 Å². The van der Waals surface area contributed by atoms with Crippen LogP contribution in [-0.2, 0) is 4.74 Å². The van der Waals surface area contributed by atoms with Crippen LogP contribution in [0.1, 0.15) is 29.5 Å². The van der Waals surface area contributed by atoms with Crippen LogP contribution in [0.3, 0.4) is 0 Å². The number of furan rings is 1. The van der Waals surface area contributed by atoms with Gasteiger partial charge in [-0.1, -0.05) is 29.5 Å². The predicted octanol–water partition coefficient (Wildman–Crippen LogP) is 5.12. The van der Waals surface area contributed by atoms with Gasteiger partial charge >= 0.3 is 0 Å². The highest BCUT2D eigenvalue weighted by Gasteiger charge is 2.25. The number of ether oxygens (including phenoxy) is 2. The molecule has 5 rings (SSSR count). The van der Waals surface area contributed by atoms with Gasteiger partial charge in [-0.2, -0.15) is 0 Å². The number of aryl methyl sites for hydroxylation is 1. The molecule has 178 valence electrons. The Kier molecular flexibility index (Phi) is 6.80. The molecule has 1 fully saturated rings. The predicted molar refractivity (Wildman–Crippen MR) is 135 cm³/mol. The minimum Gasteiger partial charge on any atom is -0.490 e. The molecule has 0 spiro atoms. The fourth-order valence-electron chi connectivity index (χ4n) is 4.24. The van der Waals surface area contributed by atoms with Crippen LogP contribution in [0.2, 0.25) is 0 Å². The molecule has 1 amide bonds. The van der Waals surface area contributed by atoms with Gasteiger partial charge in [-0.05, 0) is 50.1 Å². The Morgan fingerprint density at radius 1 is 1.21 bits per heavy atom.